The SMILES string of the molecule is CCc1nc(-c2cc(OC)ccc2OC)nc(Cl)c1Br. The summed E-state index contributed by atoms with van der Waals surface area (Å²) in [4.78, 5) is 8.84. The second-order valence-corrected chi connectivity index (χ2v) is 5.17. The minimum atomic E-state index is 0.386. The molecular formula is C14H14BrClN2O2. The van der Waals surface area contributed by atoms with Crippen LogP contribution in [0.5, 0.6) is 11.5 Å². The van der Waals surface area contributed by atoms with Crippen molar-refractivity contribution < 1.29 is 9.47 Å². The fourth-order valence-corrected chi connectivity index (χ4v) is 2.45. The Morgan fingerprint density at radius 3 is 2.55 bits per heavy atom. The highest BCUT2D eigenvalue weighted by Crippen LogP contribution is 2.34. The third-order valence-corrected chi connectivity index (χ3v) is 4.20. The second kappa shape index (κ2) is 6.41. The van der Waals surface area contributed by atoms with E-state index in [2.05, 4.69) is 25.9 Å². The summed E-state index contributed by atoms with van der Waals surface area (Å²) in [7, 11) is 3.21. The summed E-state index contributed by atoms with van der Waals surface area (Å²) in [6.07, 6.45) is 0.752. The standard InChI is InChI=1S/C14H14BrClN2O2/c1-4-10-12(15)13(16)18-14(17-10)9-7-8(19-2)5-6-11(9)20-3/h5-7H,4H2,1-3H3. The summed E-state index contributed by atoms with van der Waals surface area (Å²) in [6, 6.07) is 5.47. The third kappa shape index (κ3) is 2.88. The molecule has 2 aromatic rings. The maximum atomic E-state index is 6.15. The number of benzene rings is 1. The molecule has 1 heterocycles. The van der Waals surface area contributed by atoms with Crippen LogP contribution in [0.15, 0.2) is 22.7 Å². The topological polar surface area (TPSA) is 44.2 Å². The van der Waals surface area contributed by atoms with Crippen molar-refractivity contribution in [2.75, 3.05) is 14.2 Å². The van der Waals surface area contributed by atoms with Crippen LogP contribution in [0.3, 0.4) is 0 Å². The van der Waals surface area contributed by atoms with E-state index in [1.165, 1.54) is 0 Å². The molecule has 0 amide bonds. The quantitative estimate of drug-likeness (QED) is 0.771. The van der Waals surface area contributed by atoms with Gasteiger partial charge < -0.3 is 9.47 Å². The van der Waals surface area contributed by atoms with Gasteiger partial charge in [-0.15, -0.1) is 0 Å². The highest BCUT2D eigenvalue weighted by molar-refractivity contribution is 9.10. The molecule has 0 fully saturated rings. The highest BCUT2D eigenvalue weighted by atomic mass is 79.9. The molecule has 0 bridgehead atoms. The van der Waals surface area contributed by atoms with Crippen LogP contribution in [0.25, 0.3) is 11.4 Å². The van der Waals surface area contributed by atoms with Gasteiger partial charge in [-0.1, -0.05) is 18.5 Å². The number of methoxy groups -OCH3 is 2. The maximum Gasteiger partial charge on any atom is 0.165 e. The van der Waals surface area contributed by atoms with Gasteiger partial charge in [-0.05, 0) is 40.5 Å². The van der Waals surface area contributed by atoms with Crippen LogP contribution < -0.4 is 9.47 Å². The molecule has 0 aliphatic heterocycles. The Morgan fingerprint density at radius 1 is 1.20 bits per heavy atom. The number of nitrogens with zero attached hydrogens (tertiary/aromatic N) is 2. The van der Waals surface area contributed by atoms with E-state index in [0.29, 0.717) is 22.5 Å². The van der Waals surface area contributed by atoms with Crippen LogP contribution in [-0.2, 0) is 6.42 Å². The molecule has 1 aromatic heterocycles. The van der Waals surface area contributed by atoms with Crippen LogP contribution in [0.4, 0.5) is 0 Å². The summed E-state index contributed by atoms with van der Waals surface area (Å²) in [5, 5.41) is 0.386. The Labute approximate surface area is 131 Å². The van der Waals surface area contributed by atoms with Gasteiger partial charge in [0.05, 0.1) is 29.9 Å². The van der Waals surface area contributed by atoms with Crippen molar-refractivity contribution in [2.24, 2.45) is 0 Å². The maximum absolute atomic E-state index is 6.15. The minimum absolute atomic E-state index is 0.386. The summed E-state index contributed by atoms with van der Waals surface area (Å²) >= 11 is 9.54. The van der Waals surface area contributed by atoms with Gasteiger partial charge in [-0.25, -0.2) is 9.97 Å². The van der Waals surface area contributed by atoms with Crippen molar-refractivity contribution >= 4 is 27.5 Å². The average Bonchev–Trinajstić information content (AvgIpc) is 2.49. The normalized spacial score (nSPS) is 10.4. The molecule has 0 saturated carbocycles. The van der Waals surface area contributed by atoms with Gasteiger partial charge in [-0.2, -0.15) is 0 Å². The largest absolute Gasteiger partial charge is 0.497 e. The first-order chi connectivity index (χ1) is 9.60. The summed E-state index contributed by atoms with van der Waals surface area (Å²) in [5.74, 6) is 1.90. The van der Waals surface area contributed by atoms with Gasteiger partial charge in [0.1, 0.15) is 16.7 Å². The van der Waals surface area contributed by atoms with Gasteiger partial charge >= 0.3 is 0 Å². The Morgan fingerprint density at radius 2 is 1.95 bits per heavy atom. The first kappa shape index (κ1) is 15.1. The van der Waals surface area contributed by atoms with Crippen molar-refractivity contribution in [1.29, 1.82) is 0 Å². The number of halogens is 2. The lowest BCUT2D eigenvalue weighted by Crippen LogP contribution is -1.99. The van der Waals surface area contributed by atoms with E-state index in [1.54, 1.807) is 14.2 Å². The number of ether oxygens (including phenoxy) is 2. The molecule has 0 N–H and O–H groups in total. The first-order valence-corrected chi connectivity index (χ1v) is 7.22. The molecule has 20 heavy (non-hydrogen) atoms. The van der Waals surface area contributed by atoms with Crippen LogP contribution in [0.2, 0.25) is 5.15 Å². The van der Waals surface area contributed by atoms with Gasteiger partial charge in [0.15, 0.2) is 5.82 Å². The minimum Gasteiger partial charge on any atom is -0.497 e. The molecule has 0 unspecified atom stereocenters. The fourth-order valence-electron chi connectivity index (χ4n) is 1.81. The number of hydrogen-bond donors (Lipinski definition) is 0. The average molecular weight is 358 g/mol. The van der Waals surface area contributed by atoms with E-state index in [0.717, 1.165) is 22.2 Å². The number of aryl methyl sites for hydroxylation is 1. The Bertz CT molecular complexity index is 635. The number of rotatable bonds is 4. The van der Waals surface area contributed by atoms with Gasteiger partial charge in [0.2, 0.25) is 0 Å². The van der Waals surface area contributed by atoms with Crippen molar-refractivity contribution in [3.8, 4) is 22.9 Å². The van der Waals surface area contributed by atoms with Crippen LogP contribution in [-0.4, -0.2) is 24.2 Å². The summed E-state index contributed by atoms with van der Waals surface area (Å²) < 4.78 is 11.3. The summed E-state index contributed by atoms with van der Waals surface area (Å²) in [6.45, 7) is 2.01. The van der Waals surface area contributed by atoms with Crippen LogP contribution in [0, 0.1) is 0 Å². The molecular weight excluding hydrogens is 344 g/mol. The summed E-state index contributed by atoms with van der Waals surface area (Å²) in [5.41, 5.74) is 1.60. The highest BCUT2D eigenvalue weighted by Gasteiger charge is 2.15. The molecule has 2 rings (SSSR count). The second-order valence-electron chi connectivity index (χ2n) is 4.02. The van der Waals surface area contributed by atoms with E-state index in [4.69, 9.17) is 21.1 Å². The monoisotopic (exact) mass is 356 g/mol. The van der Waals surface area contributed by atoms with Crippen LogP contribution >= 0.6 is 27.5 Å². The predicted molar refractivity (Wildman–Crippen MR) is 82.7 cm³/mol. The van der Waals surface area contributed by atoms with E-state index in [9.17, 15) is 0 Å². The first-order valence-electron chi connectivity index (χ1n) is 6.05. The Balaban J connectivity index is 2.63. The zero-order valence-electron chi connectivity index (χ0n) is 11.4. The van der Waals surface area contributed by atoms with Gasteiger partial charge in [0.25, 0.3) is 0 Å². The fraction of sp³-hybridized carbons (Fsp3) is 0.286. The number of hydrogen-bond acceptors (Lipinski definition) is 4. The predicted octanol–water partition coefficient (Wildman–Crippen LogP) is 4.14. The third-order valence-electron chi connectivity index (χ3n) is 2.86. The smallest absolute Gasteiger partial charge is 0.165 e. The van der Waals surface area contributed by atoms with Crippen LogP contribution in [0.1, 0.15) is 12.6 Å². The van der Waals surface area contributed by atoms with E-state index in [1.807, 2.05) is 25.1 Å². The van der Waals surface area contributed by atoms with E-state index >= 15 is 0 Å². The lowest BCUT2D eigenvalue weighted by molar-refractivity contribution is 0.404. The molecule has 0 radical (unpaired) electrons. The van der Waals surface area contributed by atoms with E-state index in [-0.39, 0.29) is 0 Å². The van der Waals surface area contributed by atoms with Crippen molar-refractivity contribution in [1.82, 2.24) is 9.97 Å². The molecule has 4 nitrogen and oxygen atoms in total. The van der Waals surface area contributed by atoms with Crippen molar-refractivity contribution in [3.63, 3.8) is 0 Å². The zero-order valence-corrected chi connectivity index (χ0v) is 13.7. The molecule has 106 valence electrons. The molecule has 0 atom stereocenters. The van der Waals surface area contributed by atoms with Gasteiger partial charge in [0, 0.05) is 0 Å². The van der Waals surface area contributed by atoms with Crippen molar-refractivity contribution in [3.05, 3.63) is 33.5 Å². The molecule has 0 saturated heterocycles. The lowest BCUT2D eigenvalue weighted by Gasteiger charge is -2.11. The molecule has 6 heteroatoms. The lowest BCUT2D eigenvalue weighted by atomic mass is 10.1. The van der Waals surface area contributed by atoms with E-state index < -0.39 is 0 Å². The Hall–Kier alpha value is -1.33. The molecule has 0 aliphatic carbocycles. The molecule has 0 spiro atoms. The molecule has 0 aliphatic rings. The van der Waals surface area contributed by atoms with Crippen molar-refractivity contribution in [2.45, 2.75) is 13.3 Å². The zero-order chi connectivity index (χ0) is 14.7. The Kier molecular flexibility index (Phi) is 4.83. The van der Waals surface area contributed by atoms with Gasteiger partial charge in [-0.3, -0.25) is 0 Å². The number of aromatic nitrogens is 2. The molecule has 1 aromatic carbocycles.